The van der Waals surface area contributed by atoms with E-state index in [1.807, 2.05) is 6.92 Å². The van der Waals surface area contributed by atoms with Gasteiger partial charge in [-0.25, -0.2) is 4.79 Å². The number of carbonyl (C=O) groups excluding carboxylic acids is 2. The van der Waals surface area contributed by atoms with E-state index in [0.29, 0.717) is 0 Å². The van der Waals surface area contributed by atoms with Gasteiger partial charge in [0.2, 0.25) is 0 Å². The fourth-order valence-electron chi connectivity index (χ4n) is 2.55. The molecule has 2 atom stereocenters. The first-order valence-electron chi connectivity index (χ1n) is 6.53. The summed E-state index contributed by atoms with van der Waals surface area (Å²) in [5, 5.41) is 0. The van der Waals surface area contributed by atoms with Crippen molar-refractivity contribution < 1.29 is 19.1 Å². The van der Waals surface area contributed by atoms with Crippen molar-refractivity contribution in [2.45, 2.75) is 45.1 Å². The summed E-state index contributed by atoms with van der Waals surface area (Å²) in [4.78, 5) is 23.0. The van der Waals surface area contributed by atoms with Crippen LogP contribution in [0.4, 0.5) is 0 Å². The predicted molar refractivity (Wildman–Crippen MR) is 65.7 cm³/mol. The average molecular weight is 252 g/mol. The summed E-state index contributed by atoms with van der Waals surface area (Å²) >= 11 is 0. The molecule has 4 heteroatoms. The maximum absolute atomic E-state index is 11.6. The van der Waals surface area contributed by atoms with Gasteiger partial charge in [0, 0.05) is 6.08 Å². The van der Waals surface area contributed by atoms with E-state index in [4.69, 9.17) is 9.47 Å². The van der Waals surface area contributed by atoms with Crippen LogP contribution < -0.4 is 0 Å². The first-order chi connectivity index (χ1) is 8.56. The number of carbonyl (C=O) groups is 2. The zero-order valence-corrected chi connectivity index (χ0v) is 11.0. The normalized spacial score (nSPS) is 31.6. The number of allylic oxidation sites excluding steroid dienone is 1. The van der Waals surface area contributed by atoms with Crippen molar-refractivity contribution in [1.29, 1.82) is 0 Å². The third-order valence-corrected chi connectivity index (χ3v) is 4.00. The van der Waals surface area contributed by atoms with Gasteiger partial charge >= 0.3 is 11.9 Å². The average Bonchev–Trinajstić information content (AvgIpc) is 2.76. The smallest absolute Gasteiger partial charge is 0.330 e. The van der Waals surface area contributed by atoms with Crippen LogP contribution in [0, 0.1) is 11.3 Å². The molecule has 0 radical (unpaired) electrons. The minimum atomic E-state index is -0.446. The molecule has 0 saturated heterocycles. The lowest BCUT2D eigenvalue weighted by atomic mass is 10.1. The Morgan fingerprint density at radius 1 is 1.28 bits per heavy atom. The fraction of sp³-hybridized carbons (Fsp3) is 0.714. The van der Waals surface area contributed by atoms with E-state index in [1.54, 1.807) is 6.08 Å². The number of hydrogen-bond donors (Lipinski definition) is 0. The zero-order chi connectivity index (χ0) is 13.2. The molecule has 4 nitrogen and oxygen atoms in total. The molecule has 0 aromatic carbocycles. The van der Waals surface area contributed by atoms with E-state index < -0.39 is 5.41 Å². The first kappa shape index (κ1) is 13.1. The van der Waals surface area contributed by atoms with Crippen molar-refractivity contribution in [1.82, 2.24) is 0 Å². The lowest BCUT2D eigenvalue weighted by Gasteiger charge is -2.08. The lowest BCUT2D eigenvalue weighted by Crippen LogP contribution is -2.16. The number of hydrogen-bond acceptors (Lipinski definition) is 4. The van der Waals surface area contributed by atoms with E-state index in [1.165, 1.54) is 13.2 Å². The second-order valence-corrected chi connectivity index (χ2v) is 5.42. The molecule has 2 unspecified atom stereocenters. The first-order valence-corrected chi connectivity index (χ1v) is 6.53. The van der Waals surface area contributed by atoms with Crippen LogP contribution in [0.5, 0.6) is 0 Å². The van der Waals surface area contributed by atoms with Crippen LogP contribution >= 0.6 is 0 Å². The van der Waals surface area contributed by atoms with Gasteiger partial charge in [0.15, 0.2) is 0 Å². The molecule has 2 aliphatic carbocycles. The monoisotopic (exact) mass is 252 g/mol. The van der Waals surface area contributed by atoms with E-state index in [9.17, 15) is 9.59 Å². The van der Waals surface area contributed by atoms with Gasteiger partial charge < -0.3 is 9.47 Å². The van der Waals surface area contributed by atoms with Crippen LogP contribution in [0.15, 0.2) is 12.2 Å². The Bertz CT molecular complexity index is 368. The molecule has 2 fully saturated rings. The van der Waals surface area contributed by atoms with Crippen molar-refractivity contribution in [2.24, 2.45) is 11.3 Å². The number of ether oxygens (including phenoxy) is 2. The zero-order valence-electron chi connectivity index (χ0n) is 11.0. The Labute approximate surface area is 107 Å². The van der Waals surface area contributed by atoms with E-state index >= 15 is 0 Å². The van der Waals surface area contributed by atoms with Crippen molar-refractivity contribution in [3.63, 3.8) is 0 Å². The highest BCUT2D eigenvalue weighted by Crippen LogP contribution is 2.53. The molecule has 100 valence electrons. The Balaban J connectivity index is 1.78. The molecule has 0 amide bonds. The van der Waals surface area contributed by atoms with Crippen LogP contribution in [0.25, 0.3) is 0 Å². The molecule has 18 heavy (non-hydrogen) atoms. The van der Waals surface area contributed by atoms with Gasteiger partial charge in [-0.05, 0) is 44.9 Å². The summed E-state index contributed by atoms with van der Waals surface area (Å²) in [5.74, 6) is -0.400. The second kappa shape index (κ2) is 5.12. The van der Waals surface area contributed by atoms with Crippen LogP contribution in [0.2, 0.25) is 0 Å². The molecular weight excluding hydrogens is 232 g/mol. The minimum absolute atomic E-state index is 0.0911. The molecule has 2 rings (SSSR count). The van der Waals surface area contributed by atoms with Gasteiger partial charge in [-0.3, -0.25) is 4.79 Å². The van der Waals surface area contributed by atoms with Crippen LogP contribution in [-0.2, 0) is 19.1 Å². The third-order valence-electron chi connectivity index (χ3n) is 4.00. The molecule has 0 N–H and O–H groups in total. The Morgan fingerprint density at radius 3 is 2.56 bits per heavy atom. The molecule has 0 aromatic rings. The SMILES string of the molecule is COC(=O)C1(C)CC1C=CC(=O)OC1CCCC1. The molecule has 0 bridgehead atoms. The summed E-state index contributed by atoms with van der Waals surface area (Å²) in [6.07, 6.45) is 8.30. The highest BCUT2D eigenvalue weighted by atomic mass is 16.5. The Kier molecular flexibility index (Phi) is 3.73. The fourth-order valence-corrected chi connectivity index (χ4v) is 2.55. The number of esters is 2. The Hall–Kier alpha value is -1.32. The van der Waals surface area contributed by atoms with Crippen LogP contribution in [0.3, 0.4) is 0 Å². The summed E-state index contributed by atoms with van der Waals surface area (Å²) in [5.41, 5.74) is -0.446. The maximum atomic E-state index is 11.6. The summed E-state index contributed by atoms with van der Waals surface area (Å²) in [6.45, 7) is 1.86. The predicted octanol–water partition coefficient (Wildman–Crippen LogP) is 2.23. The summed E-state index contributed by atoms with van der Waals surface area (Å²) in [7, 11) is 1.39. The van der Waals surface area contributed by atoms with Gasteiger partial charge in [0.05, 0.1) is 12.5 Å². The van der Waals surface area contributed by atoms with Gasteiger partial charge in [-0.15, -0.1) is 0 Å². The van der Waals surface area contributed by atoms with Crippen molar-refractivity contribution in [3.05, 3.63) is 12.2 Å². The largest absolute Gasteiger partial charge is 0.469 e. The summed E-state index contributed by atoms with van der Waals surface area (Å²) in [6, 6.07) is 0. The number of rotatable bonds is 4. The van der Waals surface area contributed by atoms with E-state index in [2.05, 4.69) is 0 Å². The molecule has 0 aromatic heterocycles. The Morgan fingerprint density at radius 2 is 1.94 bits per heavy atom. The molecule has 2 saturated carbocycles. The number of methoxy groups -OCH3 is 1. The van der Waals surface area contributed by atoms with Crippen molar-refractivity contribution in [3.8, 4) is 0 Å². The third kappa shape index (κ3) is 2.74. The topological polar surface area (TPSA) is 52.6 Å². The van der Waals surface area contributed by atoms with Crippen LogP contribution in [0.1, 0.15) is 39.0 Å². The maximum Gasteiger partial charge on any atom is 0.330 e. The minimum Gasteiger partial charge on any atom is -0.469 e. The van der Waals surface area contributed by atoms with Gasteiger partial charge in [-0.1, -0.05) is 6.08 Å². The highest BCUT2D eigenvalue weighted by molar-refractivity contribution is 5.84. The summed E-state index contributed by atoms with van der Waals surface area (Å²) < 4.78 is 10.0. The van der Waals surface area contributed by atoms with Crippen molar-refractivity contribution in [2.75, 3.05) is 7.11 Å². The quantitative estimate of drug-likeness (QED) is 0.568. The second-order valence-electron chi connectivity index (χ2n) is 5.42. The molecular formula is C14H20O4. The standard InChI is InChI=1S/C14H20O4/c1-14(13(16)17-2)9-10(14)7-8-12(15)18-11-5-3-4-6-11/h7-8,10-11H,3-6,9H2,1-2H3. The van der Waals surface area contributed by atoms with Crippen LogP contribution in [-0.4, -0.2) is 25.2 Å². The molecule has 2 aliphatic rings. The highest BCUT2D eigenvalue weighted by Gasteiger charge is 2.55. The molecule has 0 heterocycles. The van der Waals surface area contributed by atoms with Gasteiger partial charge in [0.1, 0.15) is 6.10 Å². The van der Waals surface area contributed by atoms with E-state index in [-0.39, 0.29) is 24.0 Å². The lowest BCUT2D eigenvalue weighted by molar-refractivity contribution is -0.147. The molecule has 0 aliphatic heterocycles. The van der Waals surface area contributed by atoms with Gasteiger partial charge in [0.25, 0.3) is 0 Å². The van der Waals surface area contributed by atoms with E-state index in [0.717, 1.165) is 32.1 Å². The van der Waals surface area contributed by atoms with Gasteiger partial charge in [-0.2, -0.15) is 0 Å². The molecule has 0 spiro atoms. The van der Waals surface area contributed by atoms with Crippen molar-refractivity contribution >= 4 is 11.9 Å².